The molecule has 1 atom stereocenters. The molecule has 3 rings (SSSR count). The number of hydrogen-bond donors (Lipinski definition) is 1. The average molecular weight is 269 g/mol. The third-order valence-corrected chi connectivity index (χ3v) is 3.48. The van der Waals surface area contributed by atoms with E-state index in [1.165, 1.54) is 11.1 Å². The van der Waals surface area contributed by atoms with E-state index in [9.17, 15) is 0 Å². The number of ether oxygens (including phenoxy) is 2. The Morgan fingerprint density at radius 3 is 2.75 bits per heavy atom. The van der Waals surface area contributed by atoms with Crippen molar-refractivity contribution in [3.05, 3.63) is 59.7 Å². The number of nitrogens with one attached hydrogen (secondary N) is 1. The van der Waals surface area contributed by atoms with Crippen molar-refractivity contribution in [2.45, 2.75) is 19.6 Å². The SMILES string of the molecule is CCOc1ccc(NC2COCc3ccccc32)cc1. The smallest absolute Gasteiger partial charge is 0.119 e. The van der Waals surface area contributed by atoms with Gasteiger partial charge in [-0.15, -0.1) is 0 Å². The molecule has 0 spiro atoms. The third-order valence-electron chi connectivity index (χ3n) is 3.48. The normalized spacial score (nSPS) is 17.4. The lowest BCUT2D eigenvalue weighted by Gasteiger charge is -2.27. The highest BCUT2D eigenvalue weighted by Crippen LogP contribution is 2.28. The van der Waals surface area contributed by atoms with E-state index in [4.69, 9.17) is 9.47 Å². The van der Waals surface area contributed by atoms with Crippen molar-refractivity contribution < 1.29 is 9.47 Å². The Kier molecular flexibility index (Phi) is 3.88. The van der Waals surface area contributed by atoms with Crippen molar-refractivity contribution in [1.82, 2.24) is 0 Å². The summed E-state index contributed by atoms with van der Waals surface area (Å²) >= 11 is 0. The Labute approximate surface area is 119 Å². The van der Waals surface area contributed by atoms with Gasteiger partial charge in [0.1, 0.15) is 5.75 Å². The molecule has 0 radical (unpaired) electrons. The van der Waals surface area contributed by atoms with Gasteiger partial charge in [0.2, 0.25) is 0 Å². The Hall–Kier alpha value is -2.00. The highest BCUT2D eigenvalue weighted by Gasteiger charge is 2.19. The number of benzene rings is 2. The van der Waals surface area contributed by atoms with Crippen LogP contribution in [0, 0.1) is 0 Å². The number of fused-ring (bicyclic) bond motifs is 1. The van der Waals surface area contributed by atoms with Gasteiger partial charge in [-0.1, -0.05) is 24.3 Å². The van der Waals surface area contributed by atoms with E-state index >= 15 is 0 Å². The second-order valence-corrected chi connectivity index (χ2v) is 4.87. The summed E-state index contributed by atoms with van der Waals surface area (Å²) in [6, 6.07) is 16.7. The first-order valence-electron chi connectivity index (χ1n) is 7.02. The molecule has 1 heterocycles. The fourth-order valence-electron chi connectivity index (χ4n) is 2.52. The molecule has 1 unspecified atom stereocenters. The highest BCUT2D eigenvalue weighted by atomic mass is 16.5. The lowest BCUT2D eigenvalue weighted by atomic mass is 9.99. The summed E-state index contributed by atoms with van der Waals surface area (Å²) in [5.74, 6) is 0.901. The minimum absolute atomic E-state index is 0.206. The van der Waals surface area contributed by atoms with Crippen LogP contribution in [0.1, 0.15) is 24.1 Å². The van der Waals surface area contributed by atoms with Crippen LogP contribution < -0.4 is 10.1 Å². The van der Waals surface area contributed by atoms with Crippen LogP contribution in [0.4, 0.5) is 5.69 Å². The van der Waals surface area contributed by atoms with Crippen molar-refractivity contribution in [3.63, 3.8) is 0 Å². The first-order chi connectivity index (χ1) is 9.86. The van der Waals surface area contributed by atoms with Crippen molar-refractivity contribution in [3.8, 4) is 5.75 Å². The Bertz CT molecular complexity index is 565. The molecule has 0 bridgehead atoms. The summed E-state index contributed by atoms with van der Waals surface area (Å²) in [6.07, 6.45) is 0. The van der Waals surface area contributed by atoms with Gasteiger partial charge in [0.15, 0.2) is 0 Å². The maximum absolute atomic E-state index is 5.66. The van der Waals surface area contributed by atoms with Gasteiger partial charge in [-0.05, 0) is 42.3 Å². The molecule has 1 aliphatic rings. The number of anilines is 1. The van der Waals surface area contributed by atoms with E-state index in [-0.39, 0.29) is 6.04 Å². The van der Waals surface area contributed by atoms with Gasteiger partial charge in [-0.25, -0.2) is 0 Å². The van der Waals surface area contributed by atoms with Crippen LogP contribution in [0.25, 0.3) is 0 Å². The summed E-state index contributed by atoms with van der Waals surface area (Å²) in [7, 11) is 0. The molecule has 2 aromatic rings. The van der Waals surface area contributed by atoms with Gasteiger partial charge >= 0.3 is 0 Å². The molecule has 104 valence electrons. The third kappa shape index (κ3) is 2.78. The topological polar surface area (TPSA) is 30.5 Å². The van der Waals surface area contributed by atoms with Crippen LogP contribution in [0.2, 0.25) is 0 Å². The van der Waals surface area contributed by atoms with Gasteiger partial charge in [0.25, 0.3) is 0 Å². The standard InChI is InChI=1S/C17H19NO2/c1-2-20-15-9-7-14(8-10-15)18-17-12-19-11-13-5-3-4-6-16(13)17/h3-10,17-18H,2,11-12H2,1H3. The predicted molar refractivity (Wildman–Crippen MR) is 80.1 cm³/mol. The molecular weight excluding hydrogens is 250 g/mol. The zero-order chi connectivity index (χ0) is 13.8. The van der Waals surface area contributed by atoms with Crippen molar-refractivity contribution >= 4 is 5.69 Å². The largest absolute Gasteiger partial charge is 0.494 e. The molecule has 1 aliphatic heterocycles. The molecule has 0 aliphatic carbocycles. The van der Waals surface area contributed by atoms with Crippen LogP contribution in [0.15, 0.2) is 48.5 Å². The number of rotatable bonds is 4. The van der Waals surface area contributed by atoms with Crippen molar-refractivity contribution in [2.24, 2.45) is 0 Å². The predicted octanol–water partition coefficient (Wildman–Crippen LogP) is 3.77. The lowest BCUT2D eigenvalue weighted by Crippen LogP contribution is -2.23. The van der Waals surface area contributed by atoms with Crippen molar-refractivity contribution in [2.75, 3.05) is 18.5 Å². The van der Waals surface area contributed by atoms with Gasteiger partial charge in [0, 0.05) is 5.69 Å². The van der Waals surface area contributed by atoms with Gasteiger partial charge in [-0.3, -0.25) is 0 Å². The molecular formula is C17H19NO2. The second kappa shape index (κ2) is 5.97. The summed E-state index contributed by atoms with van der Waals surface area (Å²) in [5.41, 5.74) is 3.67. The molecule has 0 fully saturated rings. The van der Waals surface area contributed by atoms with E-state index in [0.717, 1.165) is 11.4 Å². The Morgan fingerprint density at radius 1 is 1.15 bits per heavy atom. The fraction of sp³-hybridized carbons (Fsp3) is 0.294. The Balaban J connectivity index is 1.75. The number of hydrogen-bond acceptors (Lipinski definition) is 3. The minimum atomic E-state index is 0.206. The van der Waals surface area contributed by atoms with Crippen LogP contribution in [-0.2, 0) is 11.3 Å². The summed E-state index contributed by atoms with van der Waals surface area (Å²) in [6.45, 7) is 4.08. The molecule has 1 N–H and O–H groups in total. The first-order valence-corrected chi connectivity index (χ1v) is 7.02. The van der Waals surface area contributed by atoms with Gasteiger partial charge in [-0.2, -0.15) is 0 Å². The molecule has 0 saturated heterocycles. The zero-order valence-corrected chi connectivity index (χ0v) is 11.6. The second-order valence-electron chi connectivity index (χ2n) is 4.87. The minimum Gasteiger partial charge on any atom is -0.494 e. The van der Waals surface area contributed by atoms with Crippen LogP contribution in [0.3, 0.4) is 0 Å². The molecule has 3 heteroatoms. The highest BCUT2D eigenvalue weighted by molar-refractivity contribution is 5.49. The van der Waals surface area contributed by atoms with Crippen LogP contribution in [0.5, 0.6) is 5.75 Å². The maximum atomic E-state index is 5.66. The summed E-state index contributed by atoms with van der Waals surface area (Å²) in [4.78, 5) is 0. The van der Waals surface area contributed by atoms with E-state index in [1.807, 2.05) is 31.2 Å². The van der Waals surface area contributed by atoms with E-state index in [1.54, 1.807) is 0 Å². The summed E-state index contributed by atoms with van der Waals surface area (Å²) in [5, 5.41) is 3.53. The molecule has 2 aromatic carbocycles. The maximum Gasteiger partial charge on any atom is 0.119 e. The van der Waals surface area contributed by atoms with Gasteiger partial charge < -0.3 is 14.8 Å². The molecule has 0 saturated carbocycles. The average Bonchev–Trinajstić information content (AvgIpc) is 2.50. The molecule has 0 amide bonds. The summed E-state index contributed by atoms with van der Waals surface area (Å²) < 4.78 is 11.1. The first kappa shape index (κ1) is 13.0. The monoisotopic (exact) mass is 269 g/mol. The molecule has 3 nitrogen and oxygen atoms in total. The van der Waals surface area contributed by atoms with Crippen molar-refractivity contribution in [1.29, 1.82) is 0 Å². The molecule has 0 aromatic heterocycles. The van der Waals surface area contributed by atoms with E-state index in [2.05, 4.69) is 29.6 Å². The fourth-order valence-corrected chi connectivity index (χ4v) is 2.52. The lowest BCUT2D eigenvalue weighted by molar-refractivity contribution is 0.0970. The zero-order valence-electron chi connectivity index (χ0n) is 11.6. The van der Waals surface area contributed by atoms with Crippen LogP contribution >= 0.6 is 0 Å². The van der Waals surface area contributed by atoms with Crippen LogP contribution in [-0.4, -0.2) is 13.2 Å². The Morgan fingerprint density at radius 2 is 1.95 bits per heavy atom. The van der Waals surface area contributed by atoms with E-state index < -0.39 is 0 Å². The quantitative estimate of drug-likeness (QED) is 0.916. The molecule has 20 heavy (non-hydrogen) atoms. The van der Waals surface area contributed by atoms with E-state index in [0.29, 0.717) is 19.8 Å². The van der Waals surface area contributed by atoms with Gasteiger partial charge in [0.05, 0.1) is 25.9 Å².